The van der Waals surface area contributed by atoms with Crippen molar-refractivity contribution in [1.29, 1.82) is 0 Å². The van der Waals surface area contributed by atoms with Gasteiger partial charge in [0.05, 0.1) is 17.6 Å². The van der Waals surface area contributed by atoms with Gasteiger partial charge in [-0.2, -0.15) is 13.2 Å². The van der Waals surface area contributed by atoms with E-state index >= 15 is 0 Å². The highest BCUT2D eigenvalue weighted by Gasteiger charge is 2.30. The first-order valence-electron chi connectivity index (χ1n) is 10.2. The number of halogens is 3. The summed E-state index contributed by atoms with van der Waals surface area (Å²) in [4.78, 5) is 33.9. The highest BCUT2D eigenvalue weighted by atomic mass is 19.4. The van der Waals surface area contributed by atoms with Gasteiger partial charge in [-0.05, 0) is 30.3 Å². The lowest BCUT2D eigenvalue weighted by Gasteiger charge is -2.27. The van der Waals surface area contributed by atoms with Crippen molar-refractivity contribution in [2.45, 2.75) is 6.18 Å². The Morgan fingerprint density at radius 2 is 2.03 bits per heavy atom. The molecule has 1 saturated heterocycles. The number of hydrogen-bond acceptors (Lipinski definition) is 6. The van der Waals surface area contributed by atoms with Crippen molar-refractivity contribution < 1.29 is 27.5 Å². The molecule has 1 aliphatic heterocycles. The van der Waals surface area contributed by atoms with E-state index in [1.807, 2.05) is 0 Å². The largest absolute Gasteiger partial charge is 0.439 e. The second kappa shape index (κ2) is 9.41. The number of hydrogen-bond donors (Lipinski definition) is 2. The molecule has 0 unspecified atom stereocenters. The molecular formula is C22H20F3N5O3. The van der Waals surface area contributed by atoms with Crippen LogP contribution in [0.15, 0.2) is 48.7 Å². The number of nitrogens with zero attached hydrogens (tertiary/aromatic N) is 3. The van der Waals surface area contributed by atoms with Crippen LogP contribution in [-0.4, -0.2) is 59.4 Å². The molecule has 3 aromatic rings. The zero-order valence-corrected chi connectivity index (χ0v) is 17.4. The summed E-state index contributed by atoms with van der Waals surface area (Å²) in [5.41, 5.74) is -0.0808. The molecule has 11 heteroatoms. The Morgan fingerprint density at radius 1 is 1.18 bits per heavy atom. The summed E-state index contributed by atoms with van der Waals surface area (Å²) in [5.74, 6) is 0.0429. The fourth-order valence-electron chi connectivity index (χ4n) is 3.30. The summed E-state index contributed by atoms with van der Waals surface area (Å²) < 4.78 is 43.5. The molecule has 2 aromatic heterocycles. The standard InChI is InChI=1S/C22H20F3N5O3/c23-22(24,25)15-2-6-19(28-12-15)33-16-3-5-17-14(11-16)1-4-18(29-17)21(32)27-8-10-30-9-7-26-13-20(30)31/h1-6,11-12,26H,7-10,13H2,(H,27,32). The highest BCUT2D eigenvalue weighted by Crippen LogP contribution is 2.30. The van der Waals surface area contributed by atoms with Gasteiger partial charge in [-0.25, -0.2) is 9.97 Å². The van der Waals surface area contributed by atoms with E-state index in [0.717, 1.165) is 18.7 Å². The van der Waals surface area contributed by atoms with E-state index in [0.29, 0.717) is 49.0 Å². The summed E-state index contributed by atoms with van der Waals surface area (Å²) in [6, 6.07) is 10.2. The Morgan fingerprint density at radius 3 is 2.76 bits per heavy atom. The Hall–Kier alpha value is -3.73. The average Bonchev–Trinajstić information content (AvgIpc) is 2.79. The van der Waals surface area contributed by atoms with Crippen molar-refractivity contribution in [1.82, 2.24) is 25.5 Å². The third kappa shape index (κ3) is 5.55. The number of rotatable bonds is 6. The lowest BCUT2D eigenvalue weighted by Crippen LogP contribution is -2.50. The summed E-state index contributed by atoms with van der Waals surface area (Å²) in [7, 11) is 0. The maximum absolute atomic E-state index is 12.6. The Bertz CT molecular complexity index is 1170. The molecular weight excluding hydrogens is 439 g/mol. The third-order valence-electron chi connectivity index (χ3n) is 5.03. The van der Waals surface area contributed by atoms with E-state index in [-0.39, 0.29) is 23.4 Å². The van der Waals surface area contributed by atoms with Crippen LogP contribution >= 0.6 is 0 Å². The number of alkyl halides is 3. The van der Waals surface area contributed by atoms with Gasteiger partial charge in [-0.3, -0.25) is 9.59 Å². The van der Waals surface area contributed by atoms with Crippen LogP contribution in [0.2, 0.25) is 0 Å². The van der Waals surface area contributed by atoms with Crippen molar-refractivity contribution in [3.05, 3.63) is 59.9 Å². The quantitative estimate of drug-likeness (QED) is 0.588. The van der Waals surface area contributed by atoms with Gasteiger partial charge in [-0.1, -0.05) is 6.07 Å². The van der Waals surface area contributed by atoms with Crippen LogP contribution < -0.4 is 15.4 Å². The fraction of sp³-hybridized carbons (Fsp3) is 0.273. The monoisotopic (exact) mass is 459 g/mol. The molecule has 1 aliphatic rings. The zero-order chi connectivity index (χ0) is 23.4. The van der Waals surface area contributed by atoms with Gasteiger partial charge >= 0.3 is 6.18 Å². The van der Waals surface area contributed by atoms with Crippen LogP contribution in [0.3, 0.4) is 0 Å². The van der Waals surface area contributed by atoms with Crippen molar-refractivity contribution in [3.8, 4) is 11.6 Å². The molecule has 2 amide bonds. The van der Waals surface area contributed by atoms with Crippen LogP contribution in [0, 0.1) is 0 Å². The molecule has 0 spiro atoms. The second-order valence-electron chi connectivity index (χ2n) is 7.35. The number of fused-ring (bicyclic) bond motifs is 1. The van der Waals surface area contributed by atoms with E-state index in [1.54, 1.807) is 35.2 Å². The van der Waals surface area contributed by atoms with E-state index in [2.05, 4.69) is 20.6 Å². The summed E-state index contributed by atoms with van der Waals surface area (Å²) in [5, 5.41) is 6.43. The van der Waals surface area contributed by atoms with Crippen LogP contribution in [0.4, 0.5) is 13.2 Å². The summed E-state index contributed by atoms with van der Waals surface area (Å²) in [6.07, 6.45) is -3.76. The number of pyridine rings is 2. The number of nitrogens with one attached hydrogen (secondary N) is 2. The van der Waals surface area contributed by atoms with Gasteiger partial charge in [0.1, 0.15) is 11.4 Å². The van der Waals surface area contributed by atoms with Gasteiger partial charge < -0.3 is 20.3 Å². The van der Waals surface area contributed by atoms with Crippen LogP contribution in [0.25, 0.3) is 10.9 Å². The Balaban J connectivity index is 1.38. The van der Waals surface area contributed by atoms with E-state index in [1.165, 1.54) is 0 Å². The third-order valence-corrected chi connectivity index (χ3v) is 5.03. The van der Waals surface area contributed by atoms with Crippen LogP contribution in [-0.2, 0) is 11.0 Å². The molecule has 0 radical (unpaired) electrons. The lowest BCUT2D eigenvalue weighted by molar-refractivity contribution is -0.137. The maximum Gasteiger partial charge on any atom is 0.417 e. The number of ether oxygens (including phenoxy) is 1. The molecule has 4 rings (SSSR count). The van der Waals surface area contributed by atoms with Gasteiger partial charge in [0.25, 0.3) is 5.91 Å². The van der Waals surface area contributed by atoms with E-state index < -0.39 is 11.7 Å². The molecule has 33 heavy (non-hydrogen) atoms. The zero-order valence-electron chi connectivity index (χ0n) is 17.4. The number of piperazine rings is 1. The molecule has 1 aromatic carbocycles. The smallest absolute Gasteiger partial charge is 0.417 e. The molecule has 2 N–H and O–H groups in total. The first-order valence-corrected chi connectivity index (χ1v) is 10.2. The maximum atomic E-state index is 12.6. The molecule has 0 aliphatic carbocycles. The molecule has 0 saturated carbocycles. The minimum Gasteiger partial charge on any atom is -0.439 e. The van der Waals surface area contributed by atoms with Gasteiger partial charge in [0.2, 0.25) is 11.8 Å². The Labute approximate surface area is 186 Å². The van der Waals surface area contributed by atoms with Crippen molar-refractivity contribution >= 4 is 22.7 Å². The van der Waals surface area contributed by atoms with Gasteiger partial charge in [-0.15, -0.1) is 0 Å². The van der Waals surface area contributed by atoms with Gasteiger partial charge in [0.15, 0.2) is 0 Å². The molecule has 0 atom stereocenters. The number of amides is 2. The first-order chi connectivity index (χ1) is 15.8. The van der Waals surface area contributed by atoms with E-state index in [4.69, 9.17) is 4.74 Å². The van der Waals surface area contributed by atoms with Crippen LogP contribution in [0.1, 0.15) is 16.1 Å². The number of carbonyl (C=O) groups is 2. The summed E-state index contributed by atoms with van der Waals surface area (Å²) >= 11 is 0. The number of benzene rings is 1. The molecule has 8 nitrogen and oxygen atoms in total. The minimum absolute atomic E-state index is 0.00356. The van der Waals surface area contributed by atoms with Crippen molar-refractivity contribution in [3.63, 3.8) is 0 Å². The number of aromatic nitrogens is 2. The predicted molar refractivity (Wildman–Crippen MR) is 113 cm³/mol. The number of carbonyl (C=O) groups excluding carboxylic acids is 2. The van der Waals surface area contributed by atoms with E-state index in [9.17, 15) is 22.8 Å². The fourth-order valence-corrected chi connectivity index (χ4v) is 3.30. The van der Waals surface area contributed by atoms with Crippen LogP contribution in [0.5, 0.6) is 11.6 Å². The molecule has 3 heterocycles. The van der Waals surface area contributed by atoms with Crippen molar-refractivity contribution in [2.24, 2.45) is 0 Å². The SMILES string of the molecule is O=C(NCCN1CCNCC1=O)c1ccc2cc(Oc3ccc(C(F)(F)F)cn3)ccc2n1. The highest BCUT2D eigenvalue weighted by molar-refractivity contribution is 5.95. The minimum atomic E-state index is -4.47. The molecule has 0 bridgehead atoms. The van der Waals surface area contributed by atoms with Crippen molar-refractivity contribution in [2.75, 3.05) is 32.7 Å². The topological polar surface area (TPSA) is 96.5 Å². The normalized spacial score (nSPS) is 14.4. The molecule has 172 valence electrons. The molecule has 1 fully saturated rings. The Kier molecular flexibility index (Phi) is 6.40. The second-order valence-corrected chi connectivity index (χ2v) is 7.35. The van der Waals surface area contributed by atoms with Gasteiger partial charge in [0, 0.05) is 43.8 Å². The average molecular weight is 459 g/mol. The first kappa shape index (κ1) is 22.5. The summed E-state index contributed by atoms with van der Waals surface area (Å²) in [6.45, 7) is 2.39. The lowest BCUT2D eigenvalue weighted by atomic mass is 10.2. The predicted octanol–water partition coefficient (Wildman–Crippen LogP) is 2.60.